The van der Waals surface area contributed by atoms with Gasteiger partial charge < -0.3 is 14.8 Å². The van der Waals surface area contributed by atoms with Crippen LogP contribution in [-0.4, -0.2) is 24.3 Å². The number of nitrogens with one attached hydrogen (secondary N) is 2. The number of fused-ring (bicyclic) bond motifs is 1. The van der Waals surface area contributed by atoms with Gasteiger partial charge in [-0.25, -0.2) is 5.43 Å². The maximum atomic E-state index is 13.0. The summed E-state index contributed by atoms with van der Waals surface area (Å²) in [6.45, 7) is 1.90. The molecule has 0 fully saturated rings. The number of allylic oxidation sites excluding steroid dienone is 3. The van der Waals surface area contributed by atoms with Crippen molar-refractivity contribution < 1.29 is 19.1 Å². The highest BCUT2D eigenvalue weighted by molar-refractivity contribution is 6.05. The van der Waals surface area contributed by atoms with Crippen LogP contribution in [0.15, 0.2) is 108 Å². The third kappa shape index (κ3) is 6.80. The number of amides is 2. The first-order valence-corrected chi connectivity index (χ1v) is 11.3. The van der Waals surface area contributed by atoms with Crippen molar-refractivity contribution in [1.29, 1.82) is 0 Å². The Morgan fingerprint density at radius 2 is 1.58 bits per heavy atom. The number of hydrogen-bond acceptors (Lipinski definition) is 5. The highest BCUT2D eigenvalue weighted by Gasteiger charge is 2.17. The summed E-state index contributed by atoms with van der Waals surface area (Å²) in [5.74, 6) is 0.217. The lowest BCUT2D eigenvalue weighted by Crippen LogP contribution is -2.33. The number of nitrogens with zero attached hydrogens (tertiary/aromatic N) is 1. The minimum atomic E-state index is -0.565. The van der Waals surface area contributed by atoms with Gasteiger partial charge in [0.15, 0.2) is 11.5 Å². The van der Waals surface area contributed by atoms with Crippen molar-refractivity contribution in [3.63, 3.8) is 0 Å². The topological polar surface area (TPSA) is 89.0 Å². The zero-order valence-corrected chi connectivity index (χ0v) is 19.7. The Kier molecular flexibility index (Phi) is 8.07. The molecule has 1 aliphatic heterocycles. The van der Waals surface area contributed by atoms with Crippen LogP contribution in [0.25, 0.3) is 12.2 Å². The maximum absolute atomic E-state index is 13.0. The lowest BCUT2D eigenvalue weighted by molar-refractivity contribution is -0.117. The molecule has 0 saturated heterocycles. The molecule has 0 aromatic heterocycles. The molecule has 4 rings (SSSR count). The lowest BCUT2D eigenvalue weighted by atomic mass is 10.1. The van der Waals surface area contributed by atoms with Crippen LogP contribution in [0.4, 0.5) is 0 Å². The van der Waals surface area contributed by atoms with Crippen LogP contribution >= 0.6 is 0 Å². The minimum absolute atomic E-state index is 0.0345. The van der Waals surface area contributed by atoms with Gasteiger partial charge in [-0.05, 0) is 54.5 Å². The fraction of sp³-hybridized carbons (Fsp3) is 0.0690. The molecule has 2 N–H and O–H groups in total. The SMILES string of the molecule is CC(/C=C/C=C/c1ccccc1)=N\NC(=O)/C(=C\c1ccc2c(c1)OCO2)NC(=O)c1ccccc1. The summed E-state index contributed by atoms with van der Waals surface area (Å²) in [5, 5.41) is 6.81. The Bertz CT molecular complexity index is 1340. The van der Waals surface area contributed by atoms with Gasteiger partial charge in [-0.3, -0.25) is 9.59 Å². The maximum Gasteiger partial charge on any atom is 0.287 e. The molecule has 7 nitrogen and oxygen atoms in total. The van der Waals surface area contributed by atoms with Crippen molar-refractivity contribution in [1.82, 2.24) is 10.7 Å². The summed E-state index contributed by atoms with van der Waals surface area (Å²) in [5.41, 5.74) is 5.28. The highest BCUT2D eigenvalue weighted by Crippen LogP contribution is 2.33. The van der Waals surface area contributed by atoms with Crippen LogP contribution in [0.2, 0.25) is 0 Å². The molecule has 0 radical (unpaired) electrons. The fourth-order valence-corrected chi connectivity index (χ4v) is 3.27. The van der Waals surface area contributed by atoms with Gasteiger partial charge in [-0.2, -0.15) is 5.10 Å². The number of rotatable bonds is 8. The predicted molar refractivity (Wildman–Crippen MR) is 140 cm³/mol. The van der Waals surface area contributed by atoms with E-state index < -0.39 is 11.8 Å². The zero-order valence-electron chi connectivity index (χ0n) is 19.7. The third-order valence-corrected chi connectivity index (χ3v) is 5.11. The number of carbonyl (C=O) groups excluding carboxylic acids is 2. The van der Waals surface area contributed by atoms with Gasteiger partial charge in [0.25, 0.3) is 11.8 Å². The summed E-state index contributed by atoms with van der Waals surface area (Å²) >= 11 is 0. The Hall–Kier alpha value is -4.91. The van der Waals surface area contributed by atoms with Gasteiger partial charge in [0.2, 0.25) is 6.79 Å². The highest BCUT2D eigenvalue weighted by atomic mass is 16.7. The van der Waals surface area contributed by atoms with Crippen LogP contribution in [0.3, 0.4) is 0 Å². The number of hydrogen-bond donors (Lipinski definition) is 2. The van der Waals surface area contributed by atoms with Crippen LogP contribution in [0.5, 0.6) is 11.5 Å². The molecule has 0 saturated carbocycles. The predicted octanol–water partition coefficient (Wildman–Crippen LogP) is 4.95. The number of ether oxygens (including phenoxy) is 2. The number of benzene rings is 3. The zero-order chi connectivity index (χ0) is 25.2. The molecule has 0 spiro atoms. The molecule has 0 aliphatic carbocycles. The van der Waals surface area contributed by atoms with E-state index >= 15 is 0 Å². The first kappa shape index (κ1) is 24.2. The van der Waals surface area contributed by atoms with E-state index in [1.807, 2.05) is 54.6 Å². The van der Waals surface area contributed by atoms with Gasteiger partial charge in [0, 0.05) is 5.56 Å². The molecule has 3 aromatic carbocycles. The first-order valence-electron chi connectivity index (χ1n) is 11.3. The summed E-state index contributed by atoms with van der Waals surface area (Å²) < 4.78 is 10.7. The first-order chi connectivity index (χ1) is 17.6. The van der Waals surface area contributed by atoms with E-state index in [-0.39, 0.29) is 12.5 Å². The monoisotopic (exact) mass is 479 g/mol. The Morgan fingerprint density at radius 3 is 2.36 bits per heavy atom. The van der Waals surface area contributed by atoms with Crippen molar-refractivity contribution in [3.05, 3.63) is 119 Å². The van der Waals surface area contributed by atoms with E-state index in [1.54, 1.807) is 61.5 Å². The smallest absolute Gasteiger partial charge is 0.287 e. The summed E-state index contributed by atoms with van der Waals surface area (Å²) in [7, 11) is 0. The molecule has 0 atom stereocenters. The third-order valence-electron chi connectivity index (χ3n) is 5.11. The van der Waals surface area contributed by atoms with Crippen molar-refractivity contribution in [2.75, 3.05) is 6.79 Å². The second kappa shape index (κ2) is 12.0. The fourth-order valence-electron chi connectivity index (χ4n) is 3.27. The van der Waals surface area contributed by atoms with E-state index in [2.05, 4.69) is 15.8 Å². The quantitative estimate of drug-likeness (QED) is 0.207. The standard InChI is InChI=1S/C29H25N3O4/c1-21(10-8-9-13-22-11-4-2-5-12-22)31-32-29(34)25(30-28(33)24-14-6-3-7-15-24)18-23-16-17-26-27(19-23)36-20-35-26/h2-19H,20H2,1H3,(H,30,33)(H,32,34)/b10-8+,13-9+,25-18+,31-21+. The summed E-state index contributed by atoms with van der Waals surface area (Å²) in [6, 6.07) is 23.8. The van der Waals surface area contributed by atoms with Crippen LogP contribution in [0, 0.1) is 0 Å². The van der Waals surface area contributed by atoms with Gasteiger partial charge in [0.05, 0.1) is 5.71 Å². The second-order valence-electron chi connectivity index (χ2n) is 7.81. The molecule has 180 valence electrons. The van der Waals surface area contributed by atoms with Gasteiger partial charge in [0.1, 0.15) is 5.70 Å². The van der Waals surface area contributed by atoms with E-state index in [0.29, 0.717) is 28.3 Å². The molecule has 0 unspecified atom stereocenters. The lowest BCUT2D eigenvalue weighted by Gasteiger charge is -2.10. The van der Waals surface area contributed by atoms with Gasteiger partial charge in [-0.1, -0.05) is 72.8 Å². The van der Waals surface area contributed by atoms with Crippen molar-refractivity contribution in [3.8, 4) is 11.5 Å². The van der Waals surface area contributed by atoms with Crippen molar-refractivity contribution >= 4 is 29.7 Å². The molecule has 0 bridgehead atoms. The molecule has 1 heterocycles. The van der Waals surface area contributed by atoms with E-state index in [0.717, 1.165) is 5.56 Å². The van der Waals surface area contributed by atoms with E-state index in [9.17, 15) is 9.59 Å². The van der Waals surface area contributed by atoms with Crippen LogP contribution < -0.4 is 20.2 Å². The van der Waals surface area contributed by atoms with Crippen molar-refractivity contribution in [2.45, 2.75) is 6.92 Å². The Morgan fingerprint density at radius 1 is 0.861 bits per heavy atom. The Labute approximate surface area is 209 Å². The molecular formula is C29H25N3O4. The minimum Gasteiger partial charge on any atom is -0.454 e. The molecule has 1 aliphatic rings. The number of carbonyl (C=O) groups is 2. The van der Waals surface area contributed by atoms with Gasteiger partial charge >= 0.3 is 0 Å². The van der Waals surface area contributed by atoms with E-state index in [1.165, 1.54) is 0 Å². The molecule has 36 heavy (non-hydrogen) atoms. The molecular weight excluding hydrogens is 454 g/mol. The Balaban J connectivity index is 1.48. The van der Waals surface area contributed by atoms with Gasteiger partial charge in [-0.15, -0.1) is 0 Å². The average molecular weight is 480 g/mol. The molecule has 2 amide bonds. The number of hydrazone groups is 1. The average Bonchev–Trinajstić information content (AvgIpc) is 3.38. The second-order valence-corrected chi connectivity index (χ2v) is 7.81. The molecule has 7 heteroatoms. The van der Waals surface area contributed by atoms with E-state index in [4.69, 9.17) is 9.47 Å². The summed E-state index contributed by atoms with van der Waals surface area (Å²) in [4.78, 5) is 25.7. The van der Waals surface area contributed by atoms with Crippen LogP contribution in [0.1, 0.15) is 28.4 Å². The normalized spacial score (nSPS) is 13.2. The summed E-state index contributed by atoms with van der Waals surface area (Å²) in [6.07, 6.45) is 9.01. The van der Waals surface area contributed by atoms with Crippen molar-refractivity contribution in [2.24, 2.45) is 5.10 Å². The van der Waals surface area contributed by atoms with Crippen LogP contribution in [-0.2, 0) is 4.79 Å². The largest absolute Gasteiger partial charge is 0.454 e. The molecule has 3 aromatic rings.